The van der Waals surface area contributed by atoms with Gasteiger partial charge in [0.15, 0.2) is 9.84 Å². The summed E-state index contributed by atoms with van der Waals surface area (Å²) in [5, 5.41) is -0.494. The Morgan fingerprint density at radius 3 is 2.03 bits per heavy atom. The fourth-order valence-electron chi connectivity index (χ4n) is 4.08. The molecule has 1 aromatic heterocycles. The van der Waals surface area contributed by atoms with Crippen molar-refractivity contribution in [3.8, 4) is 0 Å². The van der Waals surface area contributed by atoms with Gasteiger partial charge in [-0.3, -0.25) is 4.79 Å². The van der Waals surface area contributed by atoms with Crippen molar-refractivity contribution in [1.82, 2.24) is 9.88 Å². The lowest BCUT2D eigenvalue weighted by molar-refractivity contribution is -0.138. The molecule has 0 saturated carbocycles. The molecular weight excluding hydrogens is 541 g/mol. The zero-order chi connectivity index (χ0) is 27.3. The second-order valence-corrected chi connectivity index (χ2v) is 11.8. The SMILES string of the molecule is CC(C)(C1CCN(C(=O)c2ncc(C(F)(F)F)cc2Cl)CC1)S(=O)(=O)c1cc(F)cc(C(F)(F)F)c1. The van der Waals surface area contributed by atoms with Crippen LogP contribution in [0.3, 0.4) is 0 Å². The number of amides is 1. The highest BCUT2D eigenvalue weighted by atomic mass is 35.5. The Hall–Kier alpha value is -2.41. The van der Waals surface area contributed by atoms with E-state index in [0.717, 1.165) is 0 Å². The van der Waals surface area contributed by atoms with Gasteiger partial charge in [-0.25, -0.2) is 17.8 Å². The molecule has 1 aliphatic rings. The molecule has 0 aliphatic carbocycles. The van der Waals surface area contributed by atoms with E-state index in [1.807, 2.05) is 0 Å². The molecule has 1 amide bonds. The average Bonchev–Trinajstić information content (AvgIpc) is 2.77. The van der Waals surface area contributed by atoms with E-state index in [1.165, 1.54) is 18.7 Å². The number of hydrogen-bond acceptors (Lipinski definition) is 4. The average molecular weight is 561 g/mol. The Morgan fingerprint density at radius 2 is 1.53 bits per heavy atom. The van der Waals surface area contributed by atoms with Gasteiger partial charge in [0.25, 0.3) is 5.91 Å². The van der Waals surface area contributed by atoms with E-state index in [2.05, 4.69) is 4.98 Å². The Kier molecular flexibility index (Phi) is 7.41. The number of pyridine rings is 1. The predicted molar refractivity (Wildman–Crippen MR) is 116 cm³/mol. The summed E-state index contributed by atoms with van der Waals surface area (Å²) in [4.78, 5) is 16.7. The molecule has 14 heteroatoms. The summed E-state index contributed by atoms with van der Waals surface area (Å²) in [6.07, 6.45) is -8.95. The molecule has 0 radical (unpaired) electrons. The number of benzene rings is 1. The van der Waals surface area contributed by atoms with Gasteiger partial charge in [0.1, 0.15) is 11.5 Å². The first-order valence-corrected chi connectivity index (χ1v) is 12.4. The number of hydrogen-bond donors (Lipinski definition) is 0. The van der Waals surface area contributed by atoms with Gasteiger partial charge in [0.05, 0.1) is 25.8 Å². The highest BCUT2D eigenvalue weighted by Crippen LogP contribution is 2.40. The Labute approximate surface area is 207 Å². The first-order valence-electron chi connectivity index (χ1n) is 10.5. The van der Waals surface area contributed by atoms with E-state index in [9.17, 15) is 43.9 Å². The minimum absolute atomic E-state index is 0.00155. The molecular formula is C22H20ClF7N2O3S. The third kappa shape index (κ3) is 5.46. The van der Waals surface area contributed by atoms with Gasteiger partial charge in [0.2, 0.25) is 0 Å². The quantitative estimate of drug-likeness (QED) is 0.429. The predicted octanol–water partition coefficient (Wildman–Crippen LogP) is 6.02. The van der Waals surface area contributed by atoms with E-state index in [-0.39, 0.29) is 32.0 Å². The van der Waals surface area contributed by atoms with Gasteiger partial charge in [0, 0.05) is 19.3 Å². The van der Waals surface area contributed by atoms with Crippen molar-refractivity contribution in [2.75, 3.05) is 13.1 Å². The number of halogens is 8. The molecule has 0 unspecified atom stereocenters. The molecule has 198 valence electrons. The minimum atomic E-state index is -4.95. The standard InChI is InChI=1S/C22H20ClF7N2O3S/c1-20(2,36(34,35)16-8-13(21(25,26)27)7-15(24)10-16)12-3-5-32(6-4-12)19(33)18-17(23)9-14(11-31-18)22(28,29)30/h7-12H,3-6H2,1-2H3. The van der Waals surface area contributed by atoms with E-state index in [0.29, 0.717) is 24.4 Å². The third-order valence-electron chi connectivity index (χ3n) is 6.34. The summed E-state index contributed by atoms with van der Waals surface area (Å²) in [5.41, 5.74) is -2.95. The number of piperidine rings is 1. The highest BCUT2D eigenvalue weighted by molar-refractivity contribution is 7.92. The van der Waals surface area contributed by atoms with Crippen molar-refractivity contribution < 1.29 is 43.9 Å². The topological polar surface area (TPSA) is 67.3 Å². The fraction of sp³-hybridized carbons (Fsp3) is 0.455. The van der Waals surface area contributed by atoms with E-state index in [1.54, 1.807) is 0 Å². The molecule has 1 aliphatic heterocycles. The van der Waals surface area contributed by atoms with Gasteiger partial charge in [-0.05, 0) is 56.9 Å². The molecule has 5 nitrogen and oxygen atoms in total. The number of rotatable bonds is 4. The molecule has 1 fully saturated rings. The Bertz CT molecular complexity index is 1270. The number of carbonyl (C=O) groups is 1. The van der Waals surface area contributed by atoms with Crippen molar-refractivity contribution in [1.29, 1.82) is 0 Å². The van der Waals surface area contributed by atoms with Gasteiger partial charge in [-0.1, -0.05) is 11.6 Å². The van der Waals surface area contributed by atoms with Crippen LogP contribution in [-0.4, -0.2) is 42.0 Å². The number of alkyl halides is 6. The van der Waals surface area contributed by atoms with E-state index in [4.69, 9.17) is 11.6 Å². The van der Waals surface area contributed by atoms with E-state index < -0.39 is 71.3 Å². The number of carbonyl (C=O) groups excluding carboxylic acids is 1. The van der Waals surface area contributed by atoms with Crippen LogP contribution in [-0.2, 0) is 22.2 Å². The molecule has 3 rings (SSSR count). The van der Waals surface area contributed by atoms with E-state index >= 15 is 0 Å². The lowest BCUT2D eigenvalue weighted by Gasteiger charge is -2.40. The van der Waals surface area contributed by atoms with Crippen molar-refractivity contribution in [2.24, 2.45) is 5.92 Å². The number of likely N-dealkylation sites (tertiary alicyclic amines) is 1. The van der Waals surface area contributed by atoms with Crippen LogP contribution in [0.4, 0.5) is 30.7 Å². The zero-order valence-electron chi connectivity index (χ0n) is 18.8. The van der Waals surface area contributed by atoms with Crippen molar-refractivity contribution in [2.45, 2.75) is 48.7 Å². The number of aromatic nitrogens is 1. The monoisotopic (exact) mass is 560 g/mol. The van der Waals surface area contributed by atoms with Gasteiger partial charge in [-0.15, -0.1) is 0 Å². The number of sulfone groups is 1. The third-order valence-corrected chi connectivity index (χ3v) is 9.20. The summed E-state index contributed by atoms with van der Waals surface area (Å²) in [5.74, 6) is -2.71. The maximum Gasteiger partial charge on any atom is 0.417 e. The minimum Gasteiger partial charge on any atom is -0.337 e. The zero-order valence-corrected chi connectivity index (χ0v) is 20.4. The highest BCUT2D eigenvalue weighted by Gasteiger charge is 2.45. The summed E-state index contributed by atoms with van der Waals surface area (Å²) in [7, 11) is -4.44. The smallest absolute Gasteiger partial charge is 0.337 e. The molecule has 0 spiro atoms. The molecule has 1 aromatic carbocycles. The van der Waals surface area contributed by atoms with Crippen LogP contribution in [0, 0.1) is 11.7 Å². The van der Waals surface area contributed by atoms with Crippen LogP contribution in [0.25, 0.3) is 0 Å². The maximum atomic E-state index is 13.9. The Balaban J connectivity index is 1.79. The van der Waals surface area contributed by atoms with Crippen molar-refractivity contribution in [3.63, 3.8) is 0 Å². The lowest BCUT2D eigenvalue weighted by atomic mass is 9.85. The van der Waals surface area contributed by atoms with Gasteiger partial charge in [-0.2, -0.15) is 26.3 Å². The molecule has 2 heterocycles. The lowest BCUT2D eigenvalue weighted by Crippen LogP contribution is -2.47. The van der Waals surface area contributed by atoms with Crippen LogP contribution in [0.1, 0.15) is 48.3 Å². The first kappa shape index (κ1) is 28.2. The second-order valence-electron chi connectivity index (χ2n) is 8.90. The number of nitrogens with zero attached hydrogens (tertiary/aromatic N) is 2. The Morgan fingerprint density at radius 1 is 0.972 bits per heavy atom. The van der Waals surface area contributed by atoms with Crippen LogP contribution in [0.15, 0.2) is 35.4 Å². The molecule has 36 heavy (non-hydrogen) atoms. The molecule has 0 atom stereocenters. The second kappa shape index (κ2) is 9.47. The molecule has 2 aromatic rings. The summed E-state index contributed by atoms with van der Waals surface area (Å²) in [6, 6.07) is 1.70. The van der Waals surface area contributed by atoms with Crippen LogP contribution in [0.5, 0.6) is 0 Å². The van der Waals surface area contributed by atoms with Crippen LogP contribution < -0.4 is 0 Å². The maximum absolute atomic E-state index is 13.9. The largest absolute Gasteiger partial charge is 0.417 e. The van der Waals surface area contributed by atoms with Crippen molar-refractivity contribution in [3.05, 3.63) is 58.1 Å². The summed E-state index contributed by atoms with van der Waals surface area (Å²) < 4.78 is 116. The van der Waals surface area contributed by atoms with Crippen LogP contribution >= 0.6 is 11.6 Å². The normalized spacial score (nSPS) is 16.3. The fourth-order valence-corrected chi connectivity index (χ4v) is 6.16. The van der Waals surface area contributed by atoms with Gasteiger partial charge < -0.3 is 4.90 Å². The van der Waals surface area contributed by atoms with Crippen LogP contribution in [0.2, 0.25) is 5.02 Å². The summed E-state index contributed by atoms with van der Waals surface area (Å²) in [6.45, 7) is 2.63. The molecule has 0 bridgehead atoms. The molecule has 1 saturated heterocycles. The van der Waals surface area contributed by atoms with Crippen molar-refractivity contribution >= 4 is 27.3 Å². The summed E-state index contributed by atoms with van der Waals surface area (Å²) >= 11 is 5.84. The first-order chi connectivity index (χ1) is 16.4. The molecule has 0 N–H and O–H groups in total. The van der Waals surface area contributed by atoms with Gasteiger partial charge >= 0.3 is 12.4 Å².